The second kappa shape index (κ2) is 13.4. The zero-order valence-electron chi connectivity index (χ0n) is 16.2. The van der Waals surface area contributed by atoms with Crippen LogP contribution >= 0.6 is 15.9 Å². The van der Waals surface area contributed by atoms with Crippen molar-refractivity contribution >= 4 is 21.9 Å². The number of esters is 1. The lowest BCUT2D eigenvalue weighted by Gasteiger charge is -2.13. The number of rotatable bonds is 13. The number of unbranched alkanes of at least 4 members (excludes halogenated alkanes) is 5. The summed E-state index contributed by atoms with van der Waals surface area (Å²) in [7, 11) is 0. The van der Waals surface area contributed by atoms with Crippen LogP contribution in [-0.2, 0) is 16.0 Å². The van der Waals surface area contributed by atoms with Gasteiger partial charge in [0.25, 0.3) is 0 Å². The number of hydrogen-bond donors (Lipinski definition) is 0. The Bertz CT molecular complexity index is 467. The average molecular weight is 411 g/mol. The van der Waals surface area contributed by atoms with Crippen molar-refractivity contribution < 1.29 is 9.53 Å². The van der Waals surface area contributed by atoms with Gasteiger partial charge in [0, 0.05) is 5.33 Å². The lowest BCUT2D eigenvalue weighted by molar-refractivity contribution is -0.144. The largest absolute Gasteiger partial charge is 0.466 e. The molecule has 1 rings (SSSR count). The van der Waals surface area contributed by atoms with Gasteiger partial charge in [-0.1, -0.05) is 86.6 Å². The first kappa shape index (κ1) is 22.2. The first-order chi connectivity index (χ1) is 12.0. The Morgan fingerprint density at radius 3 is 2.16 bits per heavy atom. The molecule has 1 atom stereocenters. The molecule has 0 aromatic heterocycles. The molecule has 25 heavy (non-hydrogen) atoms. The highest BCUT2D eigenvalue weighted by Crippen LogP contribution is 2.21. The van der Waals surface area contributed by atoms with Crippen molar-refractivity contribution in [3.63, 3.8) is 0 Å². The smallest absolute Gasteiger partial charge is 0.306 e. The molecule has 0 fully saturated rings. The summed E-state index contributed by atoms with van der Waals surface area (Å²) in [5.74, 6) is 0.811. The Morgan fingerprint density at radius 1 is 0.960 bits per heavy atom. The Morgan fingerprint density at radius 2 is 1.56 bits per heavy atom. The van der Waals surface area contributed by atoms with E-state index < -0.39 is 0 Å². The third kappa shape index (κ3) is 10.7. The number of halogens is 1. The fraction of sp³-hybridized carbons (Fsp3) is 0.682. The summed E-state index contributed by atoms with van der Waals surface area (Å²) in [6, 6.07) is 8.69. The Hall–Kier alpha value is -0.830. The third-order valence-corrected chi connectivity index (χ3v) is 5.02. The molecule has 1 aromatic rings. The van der Waals surface area contributed by atoms with Gasteiger partial charge in [-0.15, -0.1) is 0 Å². The van der Waals surface area contributed by atoms with Gasteiger partial charge in [-0.25, -0.2) is 0 Å². The van der Waals surface area contributed by atoms with Crippen molar-refractivity contribution in [3.05, 3.63) is 35.4 Å². The molecule has 142 valence electrons. The molecule has 0 bridgehead atoms. The number of carbonyl (C=O) groups is 1. The number of benzene rings is 1. The highest BCUT2D eigenvalue weighted by Gasteiger charge is 2.12. The molecular formula is C22H35BrO2. The van der Waals surface area contributed by atoms with Gasteiger partial charge >= 0.3 is 5.97 Å². The van der Waals surface area contributed by atoms with Crippen LogP contribution < -0.4 is 0 Å². The molecule has 2 nitrogen and oxygen atoms in total. The summed E-state index contributed by atoms with van der Waals surface area (Å²) >= 11 is 3.45. The molecule has 0 spiro atoms. The summed E-state index contributed by atoms with van der Waals surface area (Å²) < 4.78 is 5.39. The van der Waals surface area contributed by atoms with Gasteiger partial charge in [0.15, 0.2) is 0 Å². The van der Waals surface area contributed by atoms with Crippen LogP contribution in [-0.4, -0.2) is 17.9 Å². The lowest BCUT2D eigenvalue weighted by atomic mass is 9.95. The molecule has 1 aromatic carbocycles. The second-order valence-electron chi connectivity index (χ2n) is 7.48. The van der Waals surface area contributed by atoms with Gasteiger partial charge in [-0.05, 0) is 42.2 Å². The highest BCUT2D eigenvalue weighted by molar-refractivity contribution is 9.09. The summed E-state index contributed by atoms with van der Waals surface area (Å²) in [5, 5.41) is 1.10. The van der Waals surface area contributed by atoms with Crippen molar-refractivity contribution in [2.24, 2.45) is 5.92 Å². The van der Waals surface area contributed by atoms with Gasteiger partial charge in [0.1, 0.15) is 0 Å². The van der Waals surface area contributed by atoms with E-state index >= 15 is 0 Å². The molecule has 0 unspecified atom stereocenters. The Kier molecular flexibility index (Phi) is 11.9. The van der Waals surface area contributed by atoms with Crippen LogP contribution in [0.25, 0.3) is 0 Å². The van der Waals surface area contributed by atoms with Crippen LogP contribution in [0.3, 0.4) is 0 Å². The molecule has 0 N–H and O–H groups in total. The first-order valence-electron chi connectivity index (χ1n) is 9.83. The van der Waals surface area contributed by atoms with Crippen molar-refractivity contribution in [2.45, 2.75) is 78.1 Å². The summed E-state index contributed by atoms with van der Waals surface area (Å²) in [5.41, 5.74) is 2.58. The average Bonchev–Trinajstić information content (AvgIpc) is 2.57. The highest BCUT2D eigenvalue weighted by atomic mass is 79.9. The van der Waals surface area contributed by atoms with Crippen molar-refractivity contribution in [3.8, 4) is 0 Å². The predicted octanol–water partition coefficient (Wildman–Crippen LogP) is 6.66. The number of alkyl halides is 1. The van der Waals surface area contributed by atoms with Crippen LogP contribution in [0.2, 0.25) is 0 Å². The van der Waals surface area contributed by atoms with E-state index in [1.54, 1.807) is 0 Å². The van der Waals surface area contributed by atoms with E-state index in [2.05, 4.69) is 61.0 Å². The fourth-order valence-corrected chi connectivity index (χ4v) is 3.37. The maximum atomic E-state index is 12.0. The molecule has 0 saturated carbocycles. The van der Waals surface area contributed by atoms with Gasteiger partial charge in [-0.2, -0.15) is 0 Å². The van der Waals surface area contributed by atoms with E-state index in [4.69, 9.17) is 4.74 Å². The third-order valence-electron chi connectivity index (χ3n) is 4.46. The number of ether oxygens (including phenoxy) is 1. The zero-order valence-corrected chi connectivity index (χ0v) is 17.8. The number of hydrogen-bond acceptors (Lipinski definition) is 2. The Labute approximate surface area is 162 Å². The molecule has 0 radical (unpaired) electrons. The molecular weight excluding hydrogens is 376 g/mol. The molecule has 0 aliphatic heterocycles. The second-order valence-corrected chi connectivity index (χ2v) is 8.27. The monoisotopic (exact) mass is 410 g/mol. The van der Waals surface area contributed by atoms with E-state index in [-0.39, 0.29) is 11.9 Å². The molecule has 0 saturated heterocycles. The van der Waals surface area contributed by atoms with E-state index in [9.17, 15) is 4.79 Å². The fourth-order valence-electron chi connectivity index (χ4n) is 2.97. The molecule has 3 heteroatoms. The minimum Gasteiger partial charge on any atom is -0.466 e. The van der Waals surface area contributed by atoms with Crippen molar-refractivity contribution in [1.29, 1.82) is 0 Å². The topological polar surface area (TPSA) is 26.3 Å². The maximum absolute atomic E-state index is 12.0. The summed E-state index contributed by atoms with van der Waals surface area (Å²) in [6.45, 7) is 7.13. The van der Waals surface area contributed by atoms with E-state index in [1.165, 1.54) is 36.8 Å². The molecule has 0 heterocycles. The van der Waals surface area contributed by atoms with Crippen LogP contribution in [0.1, 0.15) is 82.8 Å². The Balaban J connectivity index is 2.18. The normalized spacial score (nSPS) is 12.4. The predicted molar refractivity (Wildman–Crippen MR) is 110 cm³/mol. The summed E-state index contributed by atoms with van der Waals surface area (Å²) in [6.07, 6.45) is 8.78. The first-order valence-corrected chi connectivity index (χ1v) is 11.0. The summed E-state index contributed by atoms with van der Waals surface area (Å²) in [4.78, 5) is 12.0. The number of carbonyl (C=O) groups excluding carboxylic acids is 1. The van der Waals surface area contributed by atoms with Crippen LogP contribution in [0.5, 0.6) is 0 Å². The standard InChI is InChI=1S/C22H35BrO2/c1-18(2)16-20-10-12-21(13-11-20)19(3)17-22(24)25-15-9-7-5-4-6-8-14-23/h10-13,18-19H,4-9,14-17H2,1-3H3/t19-/m1/s1. The van der Waals surface area contributed by atoms with Gasteiger partial charge < -0.3 is 4.74 Å². The van der Waals surface area contributed by atoms with Crippen molar-refractivity contribution in [1.82, 2.24) is 0 Å². The van der Waals surface area contributed by atoms with Gasteiger partial charge in [0.05, 0.1) is 13.0 Å². The molecule has 0 amide bonds. The van der Waals surface area contributed by atoms with Gasteiger partial charge in [0.2, 0.25) is 0 Å². The minimum absolute atomic E-state index is 0.0713. The minimum atomic E-state index is -0.0713. The van der Waals surface area contributed by atoms with E-state index in [0.29, 0.717) is 18.9 Å². The van der Waals surface area contributed by atoms with Crippen molar-refractivity contribution in [2.75, 3.05) is 11.9 Å². The van der Waals surface area contributed by atoms with Crippen LogP contribution in [0, 0.1) is 5.92 Å². The molecule has 0 aliphatic rings. The SMILES string of the molecule is CC(C)Cc1ccc([C@H](C)CC(=O)OCCCCCCCCBr)cc1. The zero-order chi connectivity index (χ0) is 18.5. The van der Waals surface area contributed by atoms with Crippen LogP contribution in [0.15, 0.2) is 24.3 Å². The lowest BCUT2D eigenvalue weighted by Crippen LogP contribution is -2.09. The van der Waals surface area contributed by atoms with E-state index in [0.717, 1.165) is 24.6 Å². The van der Waals surface area contributed by atoms with E-state index in [1.807, 2.05) is 0 Å². The maximum Gasteiger partial charge on any atom is 0.306 e. The quantitative estimate of drug-likeness (QED) is 0.206. The molecule has 0 aliphatic carbocycles. The van der Waals surface area contributed by atoms with Gasteiger partial charge in [-0.3, -0.25) is 4.79 Å². The van der Waals surface area contributed by atoms with Crippen LogP contribution in [0.4, 0.5) is 0 Å².